The van der Waals surface area contributed by atoms with E-state index in [0.29, 0.717) is 26.2 Å². The highest BCUT2D eigenvalue weighted by molar-refractivity contribution is 6.34. The summed E-state index contributed by atoms with van der Waals surface area (Å²) in [5.74, 6) is -0.943. The van der Waals surface area contributed by atoms with Crippen LogP contribution in [0.3, 0.4) is 0 Å². The Bertz CT molecular complexity index is 1920. The number of nitrogens with one attached hydrogen (secondary N) is 1. The molecule has 0 radical (unpaired) electrons. The van der Waals surface area contributed by atoms with Gasteiger partial charge in [0.05, 0.1) is 55.2 Å². The molecule has 0 saturated carbocycles. The number of piperazine rings is 1. The Morgan fingerprint density at radius 2 is 1.68 bits per heavy atom. The third-order valence-corrected chi connectivity index (χ3v) is 9.52. The van der Waals surface area contributed by atoms with Crippen LogP contribution in [0.4, 0.5) is 24.7 Å². The first-order valence-electron chi connectivity index (χ1n) is 15.9. The van der Waals surface area contributed by atoms with Crippen molar-refractivity contribution in [2.45, 2.75) is 19.0 Å². The van der Waals surface area contributed by atoms with E-state index in [-0.39, 0.29) is 62.7 Å². The quantitative estimate of drug-likeness (QED) is 0.288. The fourth-order valence-corrected chi connectivity index (χ4v) is 6.50. The van der Waals surface area contributed by atoms with Gasteiger partial charge < -0.3 is 29.9 Å². The maximum atomic E-state index is 14.0. The van der Waals surface area contributed by atoms with Crippen LogP contribution in [0.15, 0.2) is 42.7 Å². The van der Waals surface area contributed by atoms with Crippen LogP contribution in [-0.2, 0) is 18.0 Å². The van der Waals surface area contributed by atoms with Crippen LogP contribution in [0, 0.1) is 5.92 Å². The number of amides is 3. The zero-order chi connectivity index (χ0) is 36.0. The molecule has 0 atom stereocenters. The Kier molecular flexibility index (Phi) is 9.30. The molecule has 0 aliphatic carbocycles. The molecule has 2 saturated heterocycles. The number of aromatic nitrogens is 6. The molecule has 264 valence electrons. The molecule has 0 unspecified atom stereocenters. The molecule has 50 heavy (non-hydrogen) atoms. The minimum Gasteiger partial charge on any atom is -0.382 e. The first kappa shape index (κ1) is 34.8. The Labute approximate surface area is 290 Å². The molecule has 4 aromatic rings. The maximum absolute atomic E-state index is 14.0. The van der Waals surface area contributed by atoms with Crippen molar-refractivity contribution >= 4 is 40.8 Å². The number of piperidine rings is 1. The zero-order valence-electron chi connectivity index (χ0n) is 27.6. The van der Waals surface area contributed by atoms with E-state index in [4.69, 9.17) is 17.3 Å². The van der Waals surface area contributed by atoms with Crippen LogP contribution in [0.2, 0.25) is 5.02 Å². The molecule has 6 rings (SSSR count). The van der Waals surface area contributed by atoms with Crippen LogP contribution in [0.1, 0.15) is 39.5 Å². The van der Waals surface area contributed by atoms with Gasteiger partial charge in [0.25, 0.3) is 11.8 Å². The minimum absolute atomic E-state index is 0.00524. The zero-order valence-corrected chi connectivity index (χ0v) is 28.4. The van der Waals surface area contributed by atoms with Gasteiger partial charge >= 0.3 is 6.18 Å². The fourth-order valence-electron chi connectivity index (χ4n) is 6.24. The van der Waals surface area contributed by atoms with Crippen molar-refractivity contribution in [3.05, 3.63) is 64.8 Å². The van der Waals surface area contributed by atoms with E-state index in [0.717, 1.165) is 47.5 Å². The third kappa shape index (κ3) is 7.14. The standard InChI is InChI=1S/C32H35ClF3N11O3/c1-43-24(22-18-46(42-27(22)32(34,35)36)26-7-6-25(37)40-41-26)17-38-28(43)29(48)39-20-4-5-21(23(33)16-20)31(50)45-12-10-44(11-13-45)30(49)19-8-14-47(2,3)15-9-19/h4-7,16-19H,8-15H2,1-3H3,(H2-,37,39,40,48,50)/p+1. The number of hydrogen-bond acceptors (Lipinski definition) is 8. The normalized spacial score (nSPS) is 16.8. The molecule has 14 nitrogen and oxygen atoms in total. The lowest BCUT2D eigenvalue weighted by atomic mass is 9.94. The number of nitrogens with zero attached hydrogens (tertiary/aromatic N) is 9. The van der Waals surface area contributed by atoms with Crippen LogP contribution in [0.5, 0.6) is 0 Å². The molecule has 1 aromatic carbocycles. The molecule has 5 heterocycles. The predicted octanol–water partition coefficient (Wildman–Crippen LogP) is 3.34. The lowest BCUT2D eigenvalue weighted by Crippen LogP contribution is -2.54. The monoisotopic (exact) mass is 714 g/mol. The van der Waals surface area contributed by atoms with E-state index in [9.17, 15) is 27.6 Å². The Morgan fingerprint density at radius 3 is 2.30 bits per heavy atom. The summed E-state index contributed by atoms with van der Waals surface area (Å²) >= 11 is 6.50. The Balaban J connectivity index is 1.11. The number of imidazole rings is 1. The van der Waals surface area contributed by atoms with Crippen LogP contribution in [0.25, 0.3) is 17.1 Å². The van der Waals surface area contributed by atoms with Gasteiger partial charge in [-0.1, -0.05) is 11.6 Å². The molecule has 3 N–H and O–H groups in total. The third-order valence-electron chi connectivity index (χ3n) is 9.21. The van der Waals surface area contributed by atoms with Crippen molar-refractivity contribution in [2.24, 2.45) is 13.0 Å². The summed E-state index contributed by atoms with van der Waals surface area (Å²) in [6.45, 7) is 3.55. The first-order valence-corrected chi connectivity index (χ1v) is 16.3. The van der Waals surface area contributed by atoms with Gasteiger partial charge in [-0.2, -0.15) is 18.3 Å². The highest BCUT2D eigenvalue weighted by Gasteiger charge is 2.39. The Morgan fingerprint density at radius 1 is 1.00 bits per heavy atom. The average molecular weight is 715 g/mol. The summed E-state index contributed by atoms with van der Waals surface area (Å²) in [6.07, 6.45) is -0.863. The molecular weight excluding hydrogens is 679 g/mol. The van der Waals surface area contributed by atoms with E-state index in [1.165, 1.54) is 41.9 Å². The molecule has 0 spiro atoms. The fraction of sp³-hybridized carbons (Fsp3) is 0.406. The van der Waals surface area contributed by atoms with E-state index in [2.05, 4.69) is 39.7 Å². The molecule has 2 aliphatic rings. The smallest absolute Gasteiger partial charge is 0.382 e. The minimum atomic E-state index is -4.83. The van der Waals surface area contributed by atoms with Crippen molar-refractivity contribution in [1.29, 1.82) is 0 Å². The summed E-state index contributed by atoms with van der Waals surface area (Å²) in [4.78, 5) is 47.2. The van der Waals surface area contributed by atoms with Crippen LogP contribution < -0.4 is 11.1 Å². The molecular formula is C32H36ClF3N11O3+. The van der Waals surface area contributed by atoms with E-state index in [1.54, 1.807) is 4.90 Å². The SMILES string of the molecule is Cn1c(-c2cn(-c3ccc(N)nn3)nc2C(F)(F)F)cnc1C(=O)Nc1ccc(C(=O)N2CCN(C(=O)C3CC[N+](C)(C)CC3)CC2)c(Cl)c1. The van der Waals surface area contributed by atoms with Crippen molar-refractivity contribution < 1.29 is 32.0 Å². The van der Waals surface area contributed by atoms with Gasteiger partial charge in [-0.15, -0.1) is 10.2 Å². The highest BCUT2D eigenvalue weighted by atomic mass is 35.5. The molecule has 2 fully saturated rings. The van der Waals surface area contributed by atoms with Crippen LogP contribution in [-0.4, -0.2) is 115 Å². The van der Waals surface area contributed by atoms with E-state index in [1.807, 2.05) is 4.90 Å². The highest BCUT2D eigenvalue weighted by Crippen LogP contribution is 2.37. The number of nitrogen functional groups attached to an aromatic ring is 1. The molecule has 3 aromatic heterocycles. The molecule has 3 amide bonds. The molecule has 18 heteroatoms. The number of carbonyl (C=O) groups excluding carboxylic acids is 3. The largest absolute Gasteiger partial charge is 0.435 e. The number of hydrogen-bond donors (Lipinski definition) is 2. The number of anilines is 2. The summed E-state index contributed by atoms with van der Waals surface area (Å²) < 4.78 is 45.0. The van der Waals surface area contributed by atoms with Gasteiger partial charge in [0.1, 0.15) is 5.82 Å². The van der Waals surface area contributed by atoms with E-state index >= 15 is 0 Å². The van der Waals surface area contributed by atoms with Crippen molar-refractivity contribution in [3.63, 3.8) is 0 Å². The second-order valence-electron chi connectivity index (χ2n) is 13.1. The second kappa shape index (κ2) is 13.4. The first-order chi connectivity index (χ1) is 23.6. The van der Waals surface area contributed by atoms with Gasteiger partial charge in [-0.25, -0.2) is 9.67 Å². The van der Waals surface area contributed by atoms with Crippen molar-refractivity contribution in [3.8, 4) is 17.1 Å². The number of likely N-dealkylation sites (tertiary alicyclic amines) is 1. The number of benzene rings is 1. The topological polar surface area (TPSA) is 157 Å². The van der Waals surface area contributed by atoms with Crippen LogP contribution >= 0.6 is 11.6 Å². The van der Waals surface area contributed by atoms with E-state index < -0.39 is 17.8 Å². The Hall–Kier alpha value is -5.03. The lowest BCUT2D eigenvalue weighted by Gasteiger charge is -2.40. The maximum Gasteiger partial charge on any atom is 0.435 e. The van der Waals surface area contributed by atoms with Crippen molar-refractivity contribution in [2.75, 3.05) is 64.4 Å². The summed E-state index contributed by atoms with van der Waals surface area (Å²) in [7, 11) is 5.74. The van der Waals surface area contributed by atoms with Crippen molar-refractivity contribution in [1.82, 2.24) is 39.3 Å². The number of carbonyl (C=O) groups is 3. The summed E-state index contributed by atoms with van der Waals surface area (Å²) in [6, 6.07) is 7.16. The number of nitrogens with two attached hydrogens (primary N) is 1. The second-order valence-corrected chi connectivity index (χ2v) is 13.5. The van der Waals surface area contributed by atoms with Gasteiger partial charge in [0.15, 0.2) is 17.3 Å². The molecule has 2 aliphatic heterocycles. The summed E-state index contributed by atoms with van der Waals surface area (Å²) in [5, 5.41) is 13.8. The predicted molar refractivity (Wildman–Crippen MR) is 177 cm³/mol. The van der Waals surface area contributed by atoms with Gasteiger partial charge in [0, 0.05) is 63.9 Å². The van der Waals surface area contributed by atoms with Gasteiger partial charge in [-0.05, 0) is 30.3 Å². The van der Waals surface area contributed by atoms with Gasteiger partial charge in [-0.3, -0.25) is 14.4 Å². The number of halogens is 4. The van der Waals surface area contributed by atoms with Gasteiger partial charge in [0.2, 0.25) is 5.91 Å². The average Bonchev–Trinajstić information content (AvgIpc) is 3.69. The molecule has 0 bridgehead atoms. The number of quaternary nitrogens is 1. The number of rotatable bonds is 6. The number of alkyl halides is 3. The summed E-state index contributed by atoms with van der Waals surface area (Å²) in [5.41, 5.74) is 4.45. The lowest BCUT2D eigenvalue weighted by molar-refractivity contribution is -0.895.